The minimum absolute atomic E-state index is 0.0482. The first-order valence-electron chi connectivity index (χ1n) is 12.2. The van der Waals surface area contributed by atoms with Crippen LogP contribution in [0.1, 0.15) is 61.8 Å². The van der Waals surface area contributed by atoms with Crippen LogP contribution >= 0.6 is 28.5 Å². The molecule has 5 nitrogen and oxygen atoms in total. The van der Waals surface area contributed by atoms with E-state index in [-0.39, 0.29) is 5.69 Å². The van der Waals surface area contributed by atoms with E-state index in [9.17, 15) is 10.1 Å². The molecule has 0 unspecified atom stereocenters. The van der Waals surface area contributed by atoms with E-state index < -0.39 is 4.92 Å². The number of benzene rings is 4. The molecule has 0 N–H and O–H groups in total. The summed E-state index contributed by atoms with van der Waals surface area (Å²) in [6.45, 7) is 8.77. The van der Waals surface area contributed by atoms with E-state index in [1.807, 2.05) is 6.07 Å². The molecule has 0 amide bonds. The van der Waals surface area contributed by atoms with Gasteiger partial charge in [0.15, 0.2) is 0 Å². The average Bonchev–Trinajstić information content (AvgIpc) is 3.18. The number of nitrogens with zero attached hydrogens (tertiary/aromatic N) is 3. The predicted molar refractivity (Wildman–Crippen MR) is 162 cm³/mol. The van der Waals surface area contributed by atoms with Gasteiger partial charge in [0, 0.05) is 28.6 Å². The van der Waals surface area contributed by atoms with E-state index in [1.54, 1.807) is 12.1 Å². The Hall–Kier alpha value is -2.67. The molecule has 0 aliphatic heterocycles. The van der Waals surface area contributed by atoms with Crippen molar-refractivity contribution >= 4 is 67.7 Å². The van der Waals surface area contributed by atoms with Gasteiger partial charge in [-0.1, -0.05) is 82.3 Å². The number of nitro benzene ring substituents is 1. The van der Waals surface area contributed by atoms with Crippen LogP contribution in [-0.2, 0) is 10.9 Å². The molecule has 5 rings (SSSR count). The van der Waals surface area contributed by atoms with Crippen LogP contribution in [0.3, 0.4) is 0 Å². The van der Waals surface area contributed by atoms with Gasteiger partial charge in [0.2, 0.25) is 0 Å². The Kier molecular flexibility index (Phi) is 9.29. The SMILES string of the molecule is CC(C)c1cccc(C(C)C)c1N=C1C(=Nc2ccc([N+](=O)[O-])cc2)c2cccc3cccc1c23.[Br][Ni][Br]. The Morgan fingerprint density at radius 1 is 0.737 bits per heavy atom. The van der Waals surface area contributed by atoms with Crippen molar-refractivity contribution in [3.63, 3.8) is 0 Å². The van der Waals surface area contributed by atoms with Crippen molar-refractivity contribution in [2.75, 3.05) is 0 Å². The van der Waals surface area contributed by atoms with Crippen LogP contribution < -0.4 is 0 Å². The molecule has 0 bridgehead atoms. The van der Waals surface area contributed by atoms with Crippen LogP contribution in [0.15, 0.2) is 88.8 Å². The summed E-state index contributed by atoms with van der Waals surface area (Å²) in [5, 5.41) is 13.4. The van der Waals surface area contributed by atoms with Gasteiger partial charge in [-0.25, -0.2) is 9.98 Å². The fourth-order valence-corrected chi connectivity index (χ4v) is 4.75. The van der Waals surface area contributed by atoms with Gasteiger partial charge in [-0.05, 0) is 40.5 Å². The number of non-ortho nitro benzene ring substituents is 1. The normalized spacial score (nSPS) is 14.5. The molecule has 0 heterocycles. The molecule has 38 heavy (non-hydrogen) atoms. The quantitative estimate of drug-likeness (QED) is 0.120. The van der Waals surface area contributed by atoms with E-state index in [1.165, 1.54) is 34.2 Å². The number of hydrogen-bond donors (Lipinski definition) is 0. The van der Waals surface area contributed by atoms with E-state index in [0.717, 1.165) is 39.0 Å². The third kappa shape index (κ3) is 5.83. The molecule has 4 aromatic rings. The van der Waals surface area contributed by atoms with Crippen LogP contribution in [0.25, 0.3) is 10.8 Å². The minimum atomic E-state index is -0.397. The molecular weight excluding hydrogens is 653 g/mol. The molecule has 8 heteroatoms. The maximum atomic E-state index is 11.1. The first-order valence-corrected chi connectivity index (χ1v) is 17.0. The van der Waals surface area contributed by atoms with Gasteiger partial charge in [0.25, 0.3) is 5.69 Å². The molecule has 0 atom stereocenters. The maximum absolute atomic E-state index is 11.1. The summed E-state index contributed by atoms with van der Waals surface area (Å²) in [4.78, 5) is 21.0. The van der Waals surface area contributed by atoms with Crippen LogP contribution in [0.5, 0.6) is 0 Å². The number of halogens is 2. The number of aliphatic imine (C=N–C) groups is 2. The third-order valence-electron chi connectivity index (χ3n) is 6.51. The summed E-state index contributed by atoms with van der Waals surface area (Å²) in [5.41, 5.74) is 7.85. The van der Waals surface area contributed by atoms with Gasteiger partial charge in [-0.3, -0.25) is 10.1 Å². The van der Waals surface area contributed by atoms with Gasteiger partial charge in [-0.2, -0.15) is 0 Å². The van der Waals surface area contributed by atoms with E-state index >= 15 is 0 Å². The summed E-state index contributed by atoms with van der Waals surface area (Å²) in [6.07, 6.45) is 0. The van der Waals surface area contributed by atoms with Crippen molar-refractivity contribution in [1.29, 1.82) is 0 Å². The molecular formula is C30H27Br2N3NiO2. The zero-order valence-corrected chi connectivity index (χ0v) is 25.6. The number of rotatable bonds is 5. The standard InChI is InChI=1S/C30H27N3O2.2BrH.Ni/c1-18(2)23-10-7-11-24(19(3)4)28(23)32-30-26-13-6-9-20-8-5-12-25(27(20)26)29(30)31-21-14-16-22(17-15-21)33(34)35;;;/h5-19H,1-4H3;2*1H;/q;;;+2/p-2. The second kappa shape index (κ2) is 12.5. The van der Waals surface area contributed by atoms with Crippen molar-refractivity contribution in [3.05, 3.63) is 111 Å². The molecule has 0 aromatic heterocycles. The first kappa shape index (κ1) is 28.3. The zero-order chi connectivity index (χ0) is 27.4. The van der Waals surface area contributed by atoms with Gasteiger partial charge in [-0.15, -0.1) is 0 Å². The average molecular weight is 680 g/mol. The Morgan fingerprint density at radius 3 is 1.68 bits per heavy atom. The van der Waals surface area contributed by atoms with Crippen LogP contribution in [0.4, 0.5) is 17.1 Å². The van der Waals surface area contributed by atoms with Crippen molar-refractivity contribution in [3.8, 4) is 0 Å². The van der Waals surface area contributed by atoms with Gasteiger partial charge >= 0.3 is 39.3 Å². The topological polar surface area (TPSA) is 67.9 Å². The van der Waals surface area contributed by atoms with Crippen LogP contribution in [0, 0.1) is 10.1 Å². The van der Waals surface area contributed by atoms with Crippen LogP contribution in [0.2, 0.25) is 0 Å². The molecule has 1 aliphatic carbocycles. The molecule has 4 aromatic carbocycles. The monoisotopic (exact) mass is 677 g/mol. The molecule has 0 fully saturated rings. The fourth-order valence-electron chi connectivity index (χ4n) is 4.75. The van der Waals surface area contributed by atoms with Crippen molar-refractivity contribution in [2.45, 2.75) is 39.5 Å². The molecule has 0 saturated carbocycles. The second-order valence-electron chi connectivity index (χ2n) is 9.54. The number of hydrogen-bond acceptors (Lipinski definition) is 4. The van der Waals surface area contributed by atoms with E-state index in [4.69, 9.17) is 9.98 Å². The molecule has 0 saturated heterocycles. The van der Waals surface area contributed by atoms with Crippen molar-refractivity contribution in [2.24, 2.45) is 9.98 Å². The summed E-state index contributed by atoms with van der Waals surface area (Å²) in [6, 6.07) is 25.3. The summed E-state index contributed by atoms with van der Waals surface area (Å²) in [5.74, 6) is 0.644. The zero-order valence-electron chi connectivity index (χ0n) is 21.4. The predicted octanol–water partition coefficient (Wildman–Crippen LogP) is 9.94. The number of para-hydroxylation sites is 1. The van der Waals surface area contributed by atoms with Crippen molar-refractivity contribution in [1.82, 2.24) is 0 Å². The summed E-state index contributed by atoms with van der Waals surface area (Å²) >= 11 is 6.00. The Bertz CT molecular complexity index is 1520. The van der Waals surface area contributed by atoms with E-state index in [2.05, 4.69) is 105 Å². The Morgan fingerprint density at radius 2 is 1.21 bits per heavy atom. The van der Waals surface area contributed by atoms with Gasteiger partial charge in [0.05, 0.1) is 27.7 Å². The van der Waals surface area contributed by atoms with Gasteiger partial charge in [0.1, 0.15) is 0 Å². The van der Waals surface area contributed by atoms with Crippen LogP contribution in [-0.4, -0.2) is 16.3 Å². The summed E-state index contributed by atoms with van der Waals surface area (Å²) in [7, 11) is 1.25. The van der Waals surface area contributed by atoms with E-state index in [0.29, 0.717) is 17.5 Å². The second-order valence-corrected chi connectivity index (χ2v) is 14.5. The molecule has 1 aliphatic rings. The summed E-state index contributed by atoms with van der Waals surface area (Å²) < 4.78 is 0. The third-order valence-corrected chi connectivity index (χ3v) is 6.51. The first-order chi connectivity index (χ1) is 18.3. The molecule has 198 valence electrons. The fraction of sp³-hybridized carbons (Fsp3) is 0.200. The Labute approximate surface area is 243 Å². The molecule has 0 spiro atoms. The number of nitro groups is 1. The Balaban J connectivity index is 0.00000107. The van der Waals surface area contributed by atoms with Crippen molar-refractivity contribution < 1.29 is 15.8 Å². The van der Waals surface area contributed by atoms with Gasteiger partial charge < -0.3 is 0 Å². The molecule has 0 radical (unpaired) electrons.